The van der Waals surface area contributed by atoms with Gasteiger partial charge in [-0.3, -0.25) is 9.36 Å². The number of rotatable bonds is 4. The molecule has 2 aliphatic heterocycles. The zero-order valence-corrected chi connectivity index (χ0v) is 14.3. The Morgan fingerprint density at radius 2 is 2.11 bits per heavy atom. The predicted molar refractivity (Wildman–Crippen MR) is 89.6 cm³/mol. The molecular formula is C17H15F2N3O6. The number of aliphatic hydroxyl groups is 1. The van der Waals surface area contributed by atoms with Crippen LogP contribution in [-0.4, -0.2) is 46.0 Å². The summed E-state index contributed by atoms with van der Waals surface area (Å²) >= 11 is 0. The monoisotopic (exact) mass is 395 g/mol. The SMILES string of the molecule is O=C(Nc1ccn(C2O[C@H](CO)CC2(F)F)c(=O)n1)c1ccc2c(c1)OCO2. The van der Waals surface area contributed by atoms with Crippen LogP contribution >= 0.6 is 0 Å². The summed E-state index contributed by atoms with van der Waals surface area (Å²) in [6, 6.07) is 5.75. The van der Waals surface area contributed by atoms with E-state index in [-0.39, 0.29) is 18.2 Å². The van der Waals surface area contributed by atoms with Gasteiger partial charge in [-0.05, 0) is 24.3 Å². The van der Waals surface area contributed by atoms with Crippen LogP contribution in [-0.2, 0) is 4.74 Å². The molecule has 0 radical (unpaired) electrons. The molecule has 2 N–H and O–H groups in total. The molecule has 0 aliphatic carbocycles. The number of fused-ring (bicyclic) bond motifs is 1. The van der Waals surface area contributed by atoms with Crippen LogP contribution in [0.1, 0.15) is 23.0 Å². The maximum atomic E-state index is 14.0. The Balaban J connectivity index is 1.52. The summed E-state index contributed by atoms with van der Waals surface area (Å²) < 4.78 is 44.1. The van der Waals surface area contributed by atoms with Crippen molar-refractivity contribution in [1.29, 1.82) is 0 Å². The lowest BCUT2D eigenvalue weighted by molar-refractivity contribution is -0.120. The normalized spacial score (nSPS) is 22.2. The quantitative estimate of drug-likeness (QED) is 0.798. The first-order valence-corrected chi connectivity index (χ1v) is 8.32. The summed E-state index contributed by atoms with van der Waals surface area (Å²) in [6.45, 7) is -0.525. The molecule has 2 aliphatic rings. The molecule has 1 unspecified atom stereocenters. The van der Waals surface area contributed by atoms with E-state index >= 15 is 0 Å². The smallest absolute Gasteiger partial charge is 0.351 e. The molecule has 2 atom stereocenters. The summed E-state index contributed by atoms with van der Waals surface area (Å²) in [4.78, 5) is 28.1. The summed E-state index contributed by atoms with van der Waals surface area (Å²) in [5.41, 5.74) is -0.779. The van der Waals surface area contributed by atoms with E-state index in [4.69, 9.17) is 19.3 Å². The van der Waals surface area contributed by atoms with E-state index in [0.29, 0.717) is 16.1 Å². The number of aromatic nitrogens is 2. The van der Waals surface area contributed by atoms with Crippen molar-refractivity contribution in [2.75, 3.05) is 18.7 Å². The van der Waals surface area contributed by atoms with Crippen molar-refractivity contribution in [3.8, 4) is 11.5 Å². The number of benzene rings is 1. The van der Waals surface area contributed by atoms with Crippen molar-refractivity contribution in [2.24, 2.45) is 0 Å². The fourth-order valence-corrected chi connectivity index (χ4v) is 3.00. The second kappa shape index (κ2) is 6.84. The van der Waals surface area contributed by atoms with E-state index in [1.807, 2.05) is 0 Å². The molecule has 148 valence electrons. The van der Waals surface area contributed by atoms with Crippen LogP contribution in [0.3, 0.4) is 0 Å². The van der Waals surface area contributed by atoms with Gasteiger partial charge in [-0.1, -0.05) is 0 Å². The number of carbonyl (C=O) groups is 1. The molecule has 1 fully saturated rings. The Hall–Kier alpha value is -3.05. The minimum Gasteiger partial charge on any atom is -0.454 e. The first-order valence-electron chi connectivity index (χ1n) is 8.32. The number of anilines is 1. The molecule has 0 bridgehead atoms. The lowest BCUT2D eigenvalue weighted by atomic mass is 10.2. The molecule has 1 amide bonds. The van der Waals surface area contributed by atoms with Crippen LogP contribution in [0.25, 0.3) is 0 Å². The Bertz CT molecular complexity index is 980. The van der Waals surface area contributed by atoms with Crippen LogP contribution in [0.15, 0.2) is 35.3 Å². The lowest BCUT2D eigenvalue weighted by Gasteiger charge is -2.19. The largest absolute Gasteiger partial charge is 0.454 e. The van der Waals surface area contributed by atoms with Gasteiger partial charge in [0.15, 0.2) is 11.5 Å². The average Bonchev–Trinajstić information content (AvgIpc) is 3.24. The Morgan fingerprint density at radius 3 is 2.82 bits per heavy atom. The van der Waals surface area contributed by atoms with E-state index in [1.165, 1.54) is 18.2 Å². The minimum absolute atomic E-state index is 0.0607. The predicted octanol–water partition coefficient (Wildman–Crippen LogP) is 1.14. The molecule has 2 aromatic rings. The summed E-state index contributed by atoms with van der Waals surface area (Å²) in [7, 11) is 0. The number of hydrogen-bond donors (Lipinski definition) is 2. The highest BCUT2D eigenvalue weighted by Gasteiger charge is 2.51. The van der Waals surface area contributed by atoms with Crippen LogP contribution in [0.2, 0.25) is 0 Å². The molecule has 1 aromatic carbocycles. The molecule has 9 nitrogen and oxygen atoms in total. The Labute approximate surface area is 156 Å². The van der Waals surface area contributed by atoms with Crippen LogP contribution in [0.5, 0.6) is 11.5 Å². The first kappa shape index (κ1) is 18.3. The van der Waals surface area contributed by atoms with Gasteiger partial charge in [0.05, 0.1) is 12.7 Å². The topological polar surface area (TPSA) is 112 Å². The number of halogens is 2. The molecule has 0 saturated carbocycles. The molecule has 4 rings (SSSR count). The van der Waals surface area contributed by atoms with Crippen LogP contribution in [0, 0.1) is 0 Å². The molecular weight excluding hydrogens is 380 g/mol. The van der Waals surface area contributed by atoms with Gasteiger partial charge in [-0.2, -0.15) is 4.98 Å². The second-order valence-electron chi connectivity index (χ2n) is 6.28. The second-order valence-corrected chi connectivity index (χ2v) is 6.28. The molecule has 28 heavy (non-hydrogen) atoms. The van der Waals surface area contributed by atoms with Gasteiger partial charge in [0.1, 0.15) is 5.82 Å². The molecule has 11 heteroatoms. The third-order valence-electron chi connectivity index (χ3n) is 4.35. The van der Waals surface area contributed by atoms with Crippen molar-refractivity contribution in [3.63, 3.8) is 0 Å². The highest BCUT2D eigenvalue weighted by molar-refractivity contribution is 6.04. The Morgan fingerprint density at radius 1 is 1.32 bits per heavy atom. The zero-order valence-electron chi connectivity index (χ0n) is 14.3. The van der Waals surface area contributed by atoms with Gasteiger partial charge in [-0.15, -0.1) is 0 Å². The zero-order chi connectivity index (χ0) is 19.9. The van der Waals surface area contributed by atoms with Gasteiger partial charge in [0.25, 0.3) is 11.8 Å². The van der Waals surface area contributed by atoms with Crippen LogP contribution < -0.4 is 20.5 Å². The summed E-state index contributed by atoms with van der Waals surface area (Å²) in [5.74, 6) is -3.09. The van der Waals surface area contributed by atoms with Gasteiger partial charge in [0.2, 0.25) is 13.0 Å². The van der Waals surface area contributed by atoms with Crippen molar-refractivity contribution >= 4 is 11.7 Å². The number of alkyl halides is 2. The number of aliphatic hydroxyl groups excluding tert-OH is 1. The van der Waals surface area contributed by atoms with Gasteiger partial charge in [0, 0.05) is 18.2 Å². The maximum absolute atomic E-state index is 14.0. The lowest BCUT2D eigenvalue weighted by Crippen LogP contribution is -2.35. The van der Waals surface area contributed by atoms with E-state index in [0.717, 1.165) is 6.20 Å². The van der Waals surface area contributed by atoms with Crippen LogP contribution in [0.4, 0.5) is 14.6 Å². The number of ether oxygens (including phenoxy) is 3. The highest BCUT2D eigenvalue weighted by Crippen LogP contribution is 2.41. The van der Waals surface area contributed by atoms with E-state index in [2.05, 4.69) is 10.3 Å². The number of nitrogens with zero attached hydrogens (tertiary/aromatic N) is 2. The molecule has 3 heterocycles. The molecule has 0 spiro atoms. The summed E-state index contributed by atoms with van der Waals surface area (Å²) in [6.07, 6.45) is -2.59. The fourth-order valence-electron chi connectivity index (χ4n) is 3.00. The number of nitrogens with one attached hydrogen (secondary N) is 1. The maximum Gasteiger partial charge on any atom is 0.351 e. The standard InChI is InChI=1S/C17H15F2N3O6/c18-17(19)6-10(7-23)28-15(17)22-4-3-13(21-16(22)25)20-14(24)9-1-2-11-12(5-9)27-8-26-11/h1-5,10,15,23H,6-8H2,(H,20,21,24,25)/t10-,15?/m0/s1. The molecule has 1 aromatic heterocycles. The first-order chi connectivity index (χ1) is 13.4. The number of hydrogen-bond acceptors (Lipinski definition) is 7. The van der Waals surface area contributed by atoms with E-state index in [1.54, 1.807) is 6.07 Å². The molecule has 1 saturated heterocycles. The average molecular weight is 395 g/mol. The Kier molecular flexibility index (Phi) is 4.47. The van der Waals surface area contributed by atoms with Gasteiger partial charge < -0.3 is 24.6 Å². The van der Waals surface area contributed by atoms with Crippen molar-refractivity contribution < 1.29 is 32.9 Å². The third-order valence-corrected chi connectivity index (χ3v) is 4.35. The minimum atomic E-state index is -3.34. The third kappa shape index (κ3) is 3.29. The van der Waals surface area contributed by atoms with Crippen molar-refractivity contribution in [1.82, 2.24) is 9.55 Å². The summed E-state index contributed by atoms with van der Waals surface area (Å²) in [5, 5.41) is 11.4. The fraction of sp³-hybridized carbons (Fsp3) is 0.353. The van der Waals surface area contributed by atoms with Crippen molar-refractivity contribution in [3.05, 3.63) is 46.5 Å². The van der Waals surface area contributed by atoms with E-state index in [9.17, 15) is 18.4 Å². The highest BCUT2D eigenvalue weighted by atomic mass is 19.3. The van der Waals surface area contributed by atoms with Gasteiger partial charge >= 0.3 is 5.69 Å². The van der Waals surface area contributed by atoms with E-state index < -0.39 is 42.9 Å². The number of amides is 1. The van der Waals surface area contributed by atoms with Crippen molar-refractivity contribution in [2.45, 2.75) is 24.7 Å². The van der Waals surface area contributed by atoms with Gasteiger partial charge in [-0.25, -0.2) is 13.6 Å². The number of carbonyl (C=O) groups excluding carboxylic acids is 1.